The van der Waals surface area contributed by atoms with Crippen molar-refractivity contribution in [2.24, 2.45) is 0 Å². The number of hydrogen-bond acceptors (Lipinski definition) is 7. The first-order chi connectivity index (χ1) is 9.85. The predicted molar refractivity (Wildman–Crippen MR) is 69.9 cm³/mol. The number of nitrogens with zero attached hydrogens (tertiary/aromatic N) is 2. The Morgan fingerprint density at radius 3 is 3.00 bits per heavy atom. The van der Waals surface area contributed by atoms with Crippen molar-refractivity contribution < 1.29 is 18.6 Å². The van der Waals surface area contributed by atoms with Gasteiger partial charge in [0.05, 0.1) is 6.54 Å². The summed E-state index contributed by atoms with van der Waals surface area (Å²) in [6, 6.07) is 7.93. The topological polar surface area (TPSA) is 78.6 Å². The number of nitrogens with one attached hydrogen (secondary N) is 1. The lowest BCUT2D eigenvalue weighted by Gasteiger charge is -2.26. The van der Waals surface area contributed by atoms with Crippen LogP contribution in [-0.2, 0) is 11.3 Å². The number of ether oxygens (including phenoxy) is 3. The van der Waals surface area contributed by atoms with E-state index in [0.717, 1.165) is 11.5 Å². The van der Waals surface area contributed by atoms with Crippen LogP contribution in [0, 0.1) is 0 Å². The summed E-state index contributed by atoms with van der Waals surface area (Å²) in [5, 5.41) is 10.7. The van der Waals surface area contributed by atoms with Gasteiger partial charge in [-0.15, -0.1) is 5.10 Å². The summed E-state index contributed by atoms with van der Waals surface area (Å²) in [6.45, 7) is 1.29. The standard InChI is InChI=1S/C13H15N3O4/c1-17-8-12-15-16-13(20-12)14-6-9-7-18-10-4-2-3-5-11(10)19-9/h2-5,9H,6-8H2,1H3,(H,14,16). The quantitative estimate of drug-likeness (QED) is 0.886. The smallest absolute Gasteiger partial charge is 0.315 e. The van der Waals surface area contributed by atoms with Gasteiger partial charge in [0.2, 0.25) is 5.89 Å². The molecule has 106 valence electrons. The van der Waals surface area contributed by atoms with Crippen molar-refractivity contribution in [1.82, 2.24) is 10.2 Å². The number of hydrogen-bond donors (Lipinski definition) is 1. The van der Waals surface area contributed by atoms with Crippen LogP contribution in [0.5, 0.6) is 11.5 Å². The first-order valence-electron chi connectivity index (χ1n) is 6.29. The van der Waals surface area contributed by atoms with Crippen LogP contribution in [0.1, 0.15) is 5.89 Å². The molecule has 7 nitrogen and oxygen atoms in total. The average Bonchev–Trinajstić information content (AvgIpc) is 2.93. The minimum Gasteiger partial charge on any atom is -0.486 e. The zero-order valence-corrected chi connectivity index (χ0v) is 11.0. The van der Waals surface area contributed by atoms with Crippen molar-refractivity contribution in [3.05, 3.63) is 30.2 Å². The SMILES string of the molecule is COCc1nnc(NCC2COc3ccccc3O2)o1. The second-order valence-electron chi connectivity index (χ2n) is 4.31. The van der Waals surface area contributed by atoms with Gasteiger partial charge < -0.3 is 23.9 Å². The van der Waals surface area contributed by atoms with Crippen molar-refractivity contribution in [2.45, 2.75) is 12.7 Å². The van der Waals surface area contributed by atoms with Crippen molar-refractivity contribution in [2.75, 3.05) is 25.6 Å². The zero-order valence-electron chi connectivity index (χ0n) is 11.0. The highest BCUT2D eigenvalue weighted by atomic mass is 16.6. The van der Waals surface area contributed by atoms with Crippen LogP contribution in [0.25, 0.3) is 0 Å². The van der Waals surface area contributed by atoms with E-state index in [1.807, 2.05) is 24.3 Å². The summed E-state index contributed by atoms with van der Waals surface area (Å²) in [5.74, 6) is 1.95. The predicted octanol–water partition coefficient (Wildman–Crippen LogP) is 1.47. The van der Waals surface area contributed by atoms with Crippen LogP contribution in [-0.4, -0.2) is 36.6 Å². The van der Waals surface area contributed by atoms with E-state index in [2.05, 4.69) is 15.5 Å². The molecule has 0 saturated heterocycles. The van der Waals surface area contributed by atoms with Crippen molar-refractivity contribution in [1.29, 1.82) is 0 Å². The number of aromatic nitrogens is 2. The minimum atomic E-state index is -0.109. The van der Waals surface area contributed by atoms with E-state index in [-0.39, 0.29) is 6.10 Å². The third kappa shape index (κ3) is 2.83. The molecule has 7 heteroatoms. The molecule has 1 aromatic heterocycles. The molecule has 0 bridgehead atoms. The molecule has 2 aromatic rings. The van der Waals surface area contributed by atoms with Crippen LogP contribution < -0.4 is 14.8 Å². The normalized spacial score (nSPS) is 16.9. The number of para-hydroxylation sites is 2. The molecule has 1 aromatic carbocycles. The van der Waals surface area contributed by atoms with Crippen molar-refractivity contribution in [3.8, 4) is 11.5 Å². The van der Waals surface area contributed by atoms with Gasteiger partial charge in [0.25, 0.3) is 0 Å². The van der Waals surface area contributed by atoms with E-state index in [4.69, 9.17) is 18.6 Å². The highest BCUT2D eigenvalue weighted by Crippen LogP contribution is 2.30. The Labute approximate surface area is 115 Å². The van der Waals surface area contributed by atoms with Crippen LogP contribution in [0.15, 0.2) is 28.7 Å². The maximum atomic E-state index is 5.81. The van der Waals surface area contributed by atoms with Crippen molar-refractivity contribution in [3.63, 3.8) is 0 Å². The van der Waals surface area contributed by atoms with Gasteiger partial charge in [-0.2, -0.15) is 0 Å². The molecule has 1 N–H and O–H groups in total. The lowest BCUT2D eigenvalue weighted by molar-refractivity contribution is 0.0992. The largest absolute Gasteiger partial charge is 0.486 e. The summed E-state index contributed by atoms with van der Waals surface area (Å²) in [4.78, 5) is 0. The third-order valence-electron chi connectivity index (χ3n) is 2.78. The fraction of sp³-hybridized carbons (Fsp3) is 0.385. The van der Waals surface area contributed by atoms with Gasteiger partial charge in [-0.1, -0.05) is 17.2 Å². The van der Waals surface area contributed by atoms with Crippen LogP contribution >= 0.6 is 0 Å². The molecule has 0 fully saturated rings. The summed E-state index contributed by atoms with van der Waals surface area (Å²) < 4.78 is 21.7. The van der Waals surface area contributed by atoms with E-state index >= 15 is 0 Å². The Balaban J connectivity index is 1.54. The zero-order chi connectivity index (χ0) is 13.8. The van der Waals surface area contributed by atoms with E-state index in [0.29, 0.717) is 31.7 Å². The number of benzene rings is 1. The molecule has 1 aliphatic heterocycles. The molecular weight excluding hydrogens is 262 g/mol. The van der Waals surface area contributed by atoms with Gasteiger partial charge >= 0.3 is 6.01 Å². The van der Waals surface area contributed by atoms with E-state index in [1.165, 1.54) is 0 Å². The molecule has 2 heterocycles. The van der Waals surface area contributed by atoms with Gasteiger partial charge in [-0.25, -0.2) is 0 Å². The van der Waals surface area contributed by atoms with Gasteiger partial charge in [0.1, 0.15) is 13.2 Å². The lowest BCUT2D eigenvalue weighted by atomic mass is 10.2. The van der Waals surface area contributed by atoms with E-state index in [9.17, 15) is 0 Å². The summed E-state index contributed by atoms with van der Waals surface area (Å²) in [7, 11) is 1.57. The molecule has 20 heavy (non-hydrogen) atoms. The summed E-state index contributed by atoms with van der Waals surface area (Å²) in [5.41, 5.74) is 0. The second-order valence-corrected chi connectivity index (χ2v) is 4.31. The first-order valence-corrected chi connectivity index (χ1v) is 6.29. The highest BCUT2D eigenvalue weighted by Gasteiger charge is 2.20. The fourth-order valence-electron chi connectivity index (χ4n) is 1.87. The first kappa shape index (κ1) is 12.7. The van der Waals surface area contributed by atoms with Crippen LogP contribution in [0.3, 0.4) is 0 Å². The van der Waals surface area contributed by atoms with E-state index < -0.39 is 0 Å². The molecule has 0 radical (unpaired) electrons. The fourth-order valence-corrected chi connectivity index (χ4v) is 1.87. The number of rotatable bonds is 5. The Bertz CT molecular complexity index is 572. The van der Waals surface area contributed by atoms with Crippen molar-refractivity contribution >= 4 is 6.01 Å². The van der Waals surface area contributed by atoms with Crippen LogP contribution in [0.2, 0.25) is 0 Å². The maximum absolute atomic E-state index is 5.81. The van der Waals surface area contributed by atoms with E-state index in [1.54, 1.807) is 7.11 Å². The molecule has 0 aliphatic carbocycles. The molecule has 0 amide bonds. The number of anilines is 1. The molecule has 3 rings (SSSR count). The maximum Gasteiger partial charge on any atom is 0.315 e. The molecule has 0 saturated carbocycles. The molecule has 1 unspecified atom stereocenters. The lowest BCUT2D eigenvalue weighted by Crippen LogP contribution is -2.35. The number of fused-ring (bicyclic) bond motifs is 1. The average molecular weight is 277 g/mol. The highest BCUT2D eigenvalue weighted by molar-refractivity contribution is 5.40. The summed E-state index contributed by atoms with van der Waals surface area (Å²) >= 11 is 0. The van der Waals surface area contributed by atoms with Gasteiger partial charge in [0.15, 0.2) is 17.6 Å². The Morgan fingerprint density at radius 2 is 2.15 bits per heavy atom. The minimum absolute atomic E-state index is 0.109. The Morgan fingerprint density at radius 1 is 1.30 bits per heavy atom. The van der Waals surface area contributed by atoms with Gasteiger partial charge in [0, 0.05) is 7.11 Å². The Hall–Kier alpha value is -2.28. The molecule has 0 spiro atoms. The summed E-state index contributed by atoms with van der Waals surface area (Å²) in [6.07, 6.45) is -0.109. The Kier molecular flexibility index (Phi) is 3.69. The second kappa shape index (κ2) is 5.79. The molecule has 1 atom stereocenters. The number of methoxy groups -OCH3 is 1. The molecular formula is C13H15N3O4. The third-order valence-corrected chi connectivity index (χ3v) is 2.78. The monoisotopic (exact) mass is 277 g/mol. The van der Waals surface area contributed by atoms with Crippen LogP contribution in [0.4, 0.5) is 6.01 Å². The molecule has 1 aliphatic rings. The van der Waals surface area contributed by atoms with Gasteiger partial charge in [-0.05, 0) is 12.1 Å². The van der Waals surface area contributed by atoms with Gasteiger partial charge in [-0.3, -0.25) is 0 Å².